The van der Waals surface area contributed by atoms with Crippen LogP contribution in [0.1, 0.15) is 6.92 Å². The number of nitrogens with two attached hydrogens (primary N) is 1. The van der Waals surface area contributed by atoms with Gasteiger partial charge in [-0.1, -0.05) is 23.7 Å². The van der Waals surface area contributed by atoms with E-state index in [9.17, 15) is 0 Å². The van der Waals surface area contributed by atoms with Gasteiger partial charge in [0.25, 0.3) is 0 Å². The second-order valence-electron chi connectivity index (χ2n) is 3.05. The summed E-state index contributed by atoms with van der Waals surface area (Å²) in [4.78, 5) is 1.08. The first-order chi connectivity index (χ1) is 7.27. The van der Waals surface area contributed by atoms with E-state index < -0.39 is 0 Å². The monoisotopic (exact) mass is 245 g/mol. The van der Waals surface area contributed by atoms with Gasteiger partial charge < -0.3 is 10.5 Å². The topological polar surface area (TPSA) is 35.2 Å². The zero-order valence-corrected chi connectivity index (χ0v) is 10.4. The molecular formula is C11H16ClNOS. The highest BCUT2D eigenvalue weighted by atomic mass is 35.5. The molecule has 0 aromatic heterocycles. The lowest BCUT2D eigenvalue weighted by Gasteiger charge is -2.14. The summed E-state index contributed by atoms with van der Waals surface area (Å²) in [5.41, 5.74) is 5.59. The maximum absolute atomic E-state index is 6.04. The molecule has 0 saturated carbocycles. The Morgan fingerprint density at radius 1 is 1.47 bits per heavy atom. The molecule has 15 heavy (non-hydrogen) atoms. The van der Waals surface area contributed by atoms with E-state index in [1.165, 1.54) is 0 Å². The molecule has 0 bridgehead atoms. The van der Waals surface area contributed by atoms with Gasteiger partial charge in [-0.15, -0.1) is 11.8 Å². The molecule has 4 heteroatoms. The minimum Gasteiger partial charge on any atom is -0.376 e. The van der Waals surface area contributed by atoms with E-state index in [1.54, 1.807) is 11.8 Å². The number of ether oxygens (including phenoxy) is 1. The van der Waals surface area contributed by atoms with Gasteiger partial charge in [0.15, 0.2) is 0 Å². The Morgan fingerprint density at radius 3 is 2.80 bits per heavy atom. The first kappa shape index (κ1) is 12.8. The van der Waals surface area contributed by atoms with Crippen molar-refractivity contribution in [2.45, 2.75) is 17.9 Å². The van der Waals surface area contributed by atoms with Crippen LogP contribution in [0.2, 0.25) is 5.02 Å². The molecule has 1 aromatic rings. The average molecular weight is 246 g/mol. The Hall–Kier alpha value is -0.220. The summed E-state index contributed by atoms with van der Waals surface area (Å²) < 4.78 is 5.46. The Kier molecular flexibility index (Phi) is 6.10. The lowest BCUT2D eigenvalue weighted by molar-refractivity contribution is 0.0859. The molecule has 0 radical (unpaired) electrons. The van der Waals surface area contributed by atoms with E-state index >= 15 is 0 Å². The van der Waals surface area contributed by atoms with Crippen molar-refractivity contribution in [1.29, 1.82) is 0 Å². The first-order valence-corrected chi connectivity index (χ1v) is 6.33. The molecule has 1 unspecified atom stereocenters. The molecule has 2 N–H and O–H groups in total. The van der Waals surface area contributed by atoms with Gasteiger partial charge in [-0.25, -0.2) is 0 Å². The second kappa shape index (κ2) is 7.12. The van der Waals surface area contributed by atoms with Gasteiger partial charge in [0.1, 0.15) is 0 Å². The summed E-state index contributed by atoms with van der Waals surface area (Å²) in [5.74, 6) is 0.841. The molecular weight excluding hydrogens is 230 g/mol. The van der Waals surface area contributed by atoms with Crippen LogP contribution in [0.15, 0.2) is 29.2 Å². The zero-order chi connectivity index (χ0) is 11.1. The molecule has 1 rings (SSSR count). The van der Waals surface area contributed by atoms with Gasteiger partial charge in [0, 0.05) is 23.8 Å². The van der Waals surface area contributed by atoms with Crippen molar-refractivity contribution in [3.63, 3.8) is 0 Å². The Balaban J connectivity index is 2.45. The van der Waals surface area contributed by atoms with Crippen molar-refractivity contribution in [2.24, 2.45) is 5.73 Å². The fourth-order valence-electron chi connectivity index (χ4n) is 1.16. The van der Waals surface area contributed by atoms with Crippen molar-refractivity contribution in [3.05, 3.63) is 29.3 Å². The van der Waals surface area contributed by atoms with Gasteiger partial charge in [-0.3, -0.25) is 0 Å². The molecule has 0 heterocycles. The Bertz CT molecular complexity index is 296. The third-order valence-electron chi connectivity index (χ3n) is 1.93. The second-order valence-corrected chi connectivity index (χ2v) is 4.52. The number of hydrogen-bond donors (Lipinski definition) is 1. The van der Waals surface area contributed by atoms with Crippen LogP contribution in [0.25, 0.3) is 0 Å². The smallest absolute Gasteiger partial charge is 0.0790 e. The summed E-state index contributed by atoms with van der Waals surface area (Å²) in [6.07, 6.45) is 0.108. The van der Waals surface area contributed by atoms with Gasteiger partial charge in [0.2, 0.25) is 0 Å². The van der Waals surface area contributed by atoms with E-state index in [2.05, 4.69) is 0 Å². The predicted octanol–water partition coefficient (Wildman–Crippen LogP) is 2.80. The van der Waals surface area contributed by atoms with Crippen molar-refractivity contribution in [2.75, 3.05) is 18.9 Å². The lowest BCUT2D eigenvalue weighted by Crippen LogP contribution is -2.26. The molecule has 0 aliphatic rings. The predicted molar refractivity (Wildman–Crippen MR) is 66.6 cm³/mol. The van der Waals surface area contributed by atoms with E-state index in [-0.39, 0.29) is 6.10 Å². The third-order valence-corrected chi connectivity index (χ3v) is 3.57. The maximum Gasteiger partial charge on any atom is 0.0790 e. The highest BCUT2D eigenvalue weighted by molar-refractivity contribution is 7.99. The molecule has 0 spiro atoms. The maximum atomic E-state index is 6.04. The van der Waals surface area contributed by atoms with E-state index in [4.69, 9.17) is 22.1 Å². The number of thioether (sulfide) groups is 1. The summed E-state index contributed by atoms with van der Waals surface area (Å²) in [6, 6.07) is 7.80. The van der Waals surface area contributed by atoms with E-state index in [1.807, 2.05) is 31.2 Å². The van der Waals surface area contributed by atoms with Crippen LogP contribution in [-0.4, -0.2) is 25.0 Å². The standard InChI is InChI=1S/C11H16ClNOS/c1-2-14-9(7-13)8-15-11-6-4-3-5-10(11)12/h3-6,9H,2,7-8,13H2,1H3. The fourth-order valence-corrected chi connectivity index (χ4v) is 2.44. The van der Waals surface area contributed by atoms with E-state index in [0.717, 1.165) is 15.7 Å². The van der Waals surface area contributed by atoms with Crippen molar-refractivity contribution >= 4 is 23.4 Å². The summed E-state index contributed by atoms with van der Waals surface area (Å²) >= 11 is 7.72. The van der Waals surface area contributed by atoms with Gasteiger partial charge in [-0.05, 0) is 19.1 Å². The Labute approximate surface area is 100 Å². The lowest BCUT2D eigenvalue weighted by atomic mass is 10.4. The van der Waals surface area contributed by atoms with Crippen molar-refractivity contribution < 1.29 is 4.74 Å². The molecule has 2 nitrogen and oxygen atoms in total. The van der Waals surface area contributed by atoms with Crippen LogP contribution in [0, 0.1) is 0 Å². The SMILES string of the molecule is CCOC(CN)CSc1ccccc1Cl. The molecule has 0 aliphatic carbocycles. The molecule has 1 aromatic carbocycles. The van der Waals surface area contributed by atoms with E-state index in [0.29, 0.717) is 13.2 Å². The van der Waals surface area contributed by atoms with Crippen LogP contribution in [0.4, 0.5) is 0 Å². The zero-order valence-electron chi connectivity index (χ0n) is 8.78. The van der Waals surface area contributed by atoms with Crippen molar-refractivity contribution in [1.82, 2.24) is 0 Å². The Morgan fingerprint density at radius 2 is 2.20 bits per heavy atom. The summed E-state index contributed by atoms with van der Waals surface area (Å²) in [6.45, 7) is 3.22. The molecule has 0 fully saturated rings. The van der Waals surface area contributed by atoms with Crippen LogP contribution in [0.5, 0.6) is 0 Å². The summed E-state index contributed by atoms with van der Waals surface area (Å²) in [7, 11) is 0. The van der Waals surface area contributed by atoms with Gasteiger partial charge in [0.05, 0.1) is 11.1 Å². The van der Waals surface area contributed by atoms with Gasteiger partial charge in [-0.2, -0.15) is 0 Å². The molecule has 1 atom stereocenters. The van der Waals surface area contributed by atoms with Gasteiger partial charge >= 0.3 is 0 Å². The normalized spacial score (nSPS) is 12.7. The number of hydrogen-bond acceptors (Lipinski definition) is 3. The minimum atomic E-state index is 0.108. The van der Waals surface area contributed by atoms with Crippen LogP contribution in [-0.2, 0) is 4.74 Å². The minimum absolute atomic E-state index is 0.108. The first-order valence-electron chi connectivity index (χ1n) is 4.97. The molecule has 0 amide bonds. The number of rotatable bonds is 6. The quantitative estimate of drug-likeness (QED) is 0.783. The number of halogens is 1. The largest absolute Gasteiger partial charge is 0.376 e. The fraction of sp³-hybridized carbons (Fsp3) is 0.455. The highest BCUT2D eigenvalue weighted by Gasteiger charge is 2.07. The molecule has 0 saturated heterocycles. The number of benzene rings is 1. The molecule has 84 valence electrons. The third kappa shape index (κ3) is 4.43. The van der Waals surface area contributed by atoms with Crippen molar-refractivity contribution in [3.8, 4) is 0 Å². The average Bonchev–Trinajstić information content (AvgIpc) is 2.26. The highest BCUT2D eigenvalue weighted by Crippen LogP contribution is 2.27. The van der Waals surface area contributed by atoms with Crippen LogP contribution in [0.3, 0.4) is 0 Å². The molecule has 0 aliphatic heterocycles. The van der Waals surface area contributed by atoms with Crippen LogP contribution >= 0.6 is 23.4 Å². The van der Waals surface area contributed by atoms with Crippen LogP contribution < -0.4 is 5.73 Å². The summed E-state index contributed by atoms with van der Waals surface area (Å²) in [5, 5.41) is 0.787.